The molecule has 1 unspecified atom stereocenters. The third kappa shape index (κ3) is 7.71. The van der Waals surface area contributed by atoms with Crippen LogP contribution in [-0.2, 0) is 9.53 Å². The second kappa shape index (κ2) is 9.83. The first-order chi connectivity index (χ1) is 8.33. The molecule has 2 nitrogen and oxygen atoms in total. The first-order valence-corrected chi connectivity index (χ1v) is 8.98. The molecule has 0 aromatic heterocycles. The van der Waals surface area contributed by atoms with Gasteiger partial charge in [-0.05, 0) is 25.7 Å². The van der Waals surface area contributed by atoms with E-state index in [1.54, 1.807) is 0 Å². The molecule has 1 aliphatic heterocycles. The number of hydrogen-bond acceptors (Lipinski definition) is 2. The Bertz CT molecular complexity index is 200. The van der Waals surface area contributed by atoms with Crippen LogP contribution in [0.1, 0.15) is 71.1 Å². The molecule has 1 aliphatic rings. The van der Waals surface area contributed by atoms with Crippen molar-refractivity contribution >= 4 is 14.9 Å². The Hall–Kier alpha value is -0.153. The molecule has 1 fully saturated rings. The van der Waals surface area contributed by atoms with E-state index in [0.717, 1.165) is 25.9 Å². The molecule has 0 saturated carbocycles. The monoisotopic (exact) mass is 256 g/mol. The lowest BCUT2D eigenvalue weighted by Crippen LogP contribution is -2.30. The van der Waals surface area contributed by atoms with E-state index in [1.165, 1.54) is 44.9 Å². The third-order valence-electron chi connectivity index (χ3n) is 3.54. The molecular formula is C14H28O2Si. The normalized spacial score (nSPS) is 21.1. The summed E-state index contributed by atoms with van der Waals surface area (Å²) in [6.07, 6.45) is 12.1. The quantitative estimate of drug-likeness (QED) is 0.468. The Balaban J connectivity index is 1.93. The Morgan fingerprint density at radius 3 is 2.65 bits per heavy atom. The highest BCUT2D eigenvalue weighted by Crippen LogP contribution is 2.13. The number of ether oxygens (including phenoxy) is 1. The smallest absolute Gasteiger partial charge is 0.134 e. The molecule has 1 heterocycles. The first kappa shape index (κ1) is 14.9. The lowest BCUT2D eigenvalue weighted by Gasteiger charge is -2.21. The van der Waals surface area contributed by atoms with E-state index in [2.05, 4.69) is 6.92 Å². The summed E-state index contributed by atoms with van der Waals surface area (Å²) in [5.74, 6) is 0. The molecule has 1 saturated heterocycles. The van der Waals surface area contributed by atoms with Gasteiger partial charge in [-0.2, -0.15) is 0 Å². The number of hydrogen-bond donors (Lipinski definition) is 0. The van der Waals surface area contributed by atoms with Crippen LogP contribution in [-0.4, -0.2) is 27.3 Å². The zero-order chi connectivity index (χ0) is 12.3. The lowest BCUT2D eigenvalue weighted by molar-refractivity contribution is -0.112. The number of unbranched alkanes of at least 4 members (excludes halogenated alkanes) is 5. The van der Waals surface area contributed by atoms with Crippen LogP contribution in [0.5, 0.6) is 0 Å². The van der Waals surface area contributed by atoms with Crippen molar-refractivity contribution in [3.8, 4) is 0 Å². The number of carbonyl (C=O) groups excluding carboxylic acids is 1. The molecule has 1 atom stereocenters. The summed E-state index contributed by atoms with van der Waals surface area (Å²) in [5.41, 5.74) is 0.372. The summed E-state index contributed by atoms with van der Waals surface area (Å²) in [7, 11) is -0.615. The van der Waals surface area contributed by atoms with Crippen molar-refractivity contribution in [1.82, 2.24) is 0 Å². The standard InChI is InChI=1S/C14H28O2Si/c1-2-3-4-5-6-7-10-13(15)17-14-11-8-9-12-16-14/h14H,2-12,17H2,1H3. The molecule has 0 spiro atoms. The average Bonchev–Trinajstić information content (AvgIpc) is 2.35. The molecule has 0 aromatic rings. The summed E-state index contributed by atoms with van der Waals surface area (Å²) >= 11 is 0. The van der Waals surface area contributed by atoms with Gasteiger partial charge in [-0.25, -0.2) is 0 Å². The Labute approximate surface area is 108 Å². The van der Waals surface area contributed by atoms with Crippen LogP contribution in [0.2, 0.25) is 0 Å². The molecule has 0 radical (unpaired) electrons. The number of carbonyl (C=O) groups is 1. The molecule has 0 aliphatic carbocycles. The van der Waals surface area contributed by atoms with Gasteiger partial charge in [0.25, 0.3) is 0 Å². The molecule has 0 N–H and O–H groups in total. The fourth-order valence-electron chi connectivity index (χ4n) is 2.43. The maximum atomic E-state index is 11.8. The van der Waals surface area contributed by atoms with E-state index in [0.29, 0.717) is 11.1 Å². The van der Waals surface area contributed by atoms with E-state index in [-0.39, 0.29) is 0 Å². The van der Waals surface area contributed by atoms with Gasteiger partial charge in [0.1, 0.15) is 14.9 Å². The highest BCUT2D eigenvalue weighted by molar-refractivity contribution is 6.74. The highest BCUT2D eigenvalue weighted by Gasteiger charge is 2.17. The molecule has 3 heteroatoms. The van der Waals surface area contributed by atoms with Gasteiger partial charge in [0.15, 0.2) is 0 Å². The van der Waals surface area contributed by atoms with Gasteiger partial charge >= 0.3 is 0 Å². The lowest BCUT2D eigenvalue weighted by atomic mass is 10.1. The second-order valence-corrected chi connectivity index (χ2v) is 7.36. The van der Waals surface area contributed by atoms with Crippen LogP contribution < -0.4 is 0 Å². The van der Waals surface area contributed by atoms with Crippen molar-refractivity contribution in [3.05, 3.63) is 0 Å². The van der Waals surface area contributed by atoms with E-state index in [9.17, 15) is 4.79 Å². The summed E-state index contributed by atoms with van der Waals surface area (Å²) in [4.78, 5) is 11.8. The zero-order valence-electron chi connectivity index (χ0n) is 11.4. The average molecular weight is 256 g/mol. The zero-order valence-corrected chi connectivity index (χ0v) is 12.8. The molecule has 100 valence electrons. The summed E-state index contributed by atoms with van der Waals surface area (Å²) in [6.45, 7) is 3.13. The second-order valence-electron chi connectivity index (χ2n) is 5.25. The Morgan fingerprint density at radius 1 is 1.18 bits per heavy atom. The Kier molecular flexibility index (Phi) is 8.62. The van der Waals surface area contributed by atoms with Crippen LogP contribution >= 0.6 is 0 Å². The van der Waals surface area contributed by atoms with E-state index in [1.807, 2.05) is 0 Å². The minimum absolute atomic E-state index is 0.372. The van der Waals surface area contributed by atoms with Gasteiger partial charge in [0.05, 0.1) is 5.73 Å². The highest BCUT2D eigenvalue weighted by atomic mass is 28.2. The maximum absolute atomic E-state index is 11.8. The van der Waals surface area contributed by atoms with Crippen LogP contribution in [0, 0.1) is 0 Å². The fourth-order valence-corrected chi connectivity index (χ4v) is 4.17. The third-order valence-corrected chi connectivity index (χ3v) is 5.45. The summed E-state index contributed by atoms with van der Waals surface area (Å²) in [5, 5.41) is 0.549. The molecule has 1 rings (SSSR count). The Morgan fingerprint density at radius 2 is 1.94 bits per heavy atom. The largest absolute Gasteiger partial charge is 0.382 e. The SMILES string of the molecule is CCCCCCCCC(=O)[SiH2]C1CCCCO1. The predicted molar refractivity (Wildman–Crippen MR) is 75.1 cm³/mol. The summed E-state index contributed by atoms with van der Waals surface area (Å²) in [6, 6.07) is 0. The van der Waals surface area contributed by atoms with E-state index < -0.39 is 9.52 Å². The molecule has 0 amide bonds. The van der Waals surface area contributed by atoms with Gasteiger partial charge in [-0.1, -0.05) is 39.0 Å². The molecule has 0 bridgehead atoms. The topological polar surface area (TPSA) is 26.3 Å². The predicted octanol–water partition coefficient (Wildman–Crippen LogP) is 2.96. The summed E-state index contributed by atoms with van der Waals surface area (Å²) < 4.78 is 5.65. The minimum atomic E-state index is -0.615. The van der Waals surface area contributed by atoms with Crippen LogP contribution in [0.3, 0.4) is 0 Å². The van der Waals surface area contributed by atoms with E-state index in [4.69, 9.17) is 4.74 Å². The van der Waals surface area contributed by atoms with Gasteiger partial charge in [0, 0.05) is 13.0 Å². The van der Waals surface area contributed by atoms with Gasteiger partial charge in [-0.15, -0.1) is 0 Å². The maximum Gasteiger partial charge on any atom is 0.134 e. The molecule has 17 heavy (non-hydrogen) atoms. The van der Waals surface area contributed by atoms with Crippen LogP contribution in [0.25, 0.3) is 0 Å². The van der Waals surface area contributed by atoms with Gasteiger partial charge < -0.3 is 9.53 Å². The number of rotatable bonds is 9. The molecule has 0 aromatic carbocycles. The van der Waals surface area contributed by atoms with Crippen molar-refractivity contribution < 1.29 is 9.53 Å². The molecular weight excluding hydrogens is 228 g/mol. The minimum Gasteiger partial charge on any atom is -0.382 e. The van der Waals surface area contributed by atoms with Crippen LogP contribution in [0.4, 0.5) is 0 Å². The van der Waals surface area contributed by atoms with Crippen molar-refractivity contribution in [3.63, 3.8) is 0 Å². The fraction of sp³-hybridized carbons (Fsp3) is 0.929. The van der Waals surface area contributed by atoms with E-state index >= 15 is 0 Å². The van der Waals surface area contributed by atoms with Crippen molar-refractivity contribution in [1.29, 1.82) is 0 Å². The first-order valence-electron chi connectivity index (χ1n) is 7.46. The van der Waals surface area contributed by atoms with Crippen LogP contribution in [0.15, 0.2) is 0 Å². The van der Waals surface area contributed by atoms with Crippen molar-refractivity contribution in [2.45, 2.75) is 76.9 Å². The van der Waals surface area contributed by atoms with Crippen molar-refractivity contribution in [2.24, 2.45) is 0 Å². The van der Waals surface area contributed by atoms with Gasteiger partial charge in [-0.3, -0.25) is 0 Å². The van der Waals surface area contributed by atoms with Crippen molar-refractivity contribution in [2.75, 3.05) is 6.61 Å². The van der Waals surface area contributed by atoms with Gasteiger partial charge in [0.2, 0.25) is 0 Å².